The van der Waals surface area contributed by atoms with E-state index in [4.69, 9.17) is 0 Å². The van der Waals surface area contributed by atoms with Crippen LogP contribution in [0, 0.1) is 0 Å². The van der Waals surface area contributed by atoms with Crippen LogP contribution < -0.4 is 0 Å². The van der Waals surface area contributed by atoms with Crippen LogP contribution in [0.25, 0.3) is 0 Å². The number of likely N-dealkylation sites (N-methyl/N-ethyl adjacent to an activating group) is 1. The van der Waals surface area contributed by atoms with Gasteiger partial charge < -0.3 is 9.38 Å². The molecule has 0 spiro atoms. The first-order valence-corrected chi connectivity index (χ1v) is 9.52. The minimum atomic E-state index is 0.160. The number of rotatable bonds is 11. The lowest BCUT2D eigenvalue weighted by Crippen LogP contribution is -2.43. The summed E-state index contributed by atoms with van der Waals surface area (Å²) in [6, 6.07) is 0. The Labute approximate surface area is 156 Å². The molecule has 3 nitrogen and oxygen atoms in total. The number of carbonyl (C=O) groups excluding carboxylic acids is 1. The first-order chi connectivity index (χ1) is 11.5. The smallest absolute Gasteiger partial charge is 0.219 e. The standard InChI is InChI=1S/C22H41N2O/c1-19(2)11-9-12-20(3)13-10-14-21(4)15-16-23(22(5)25)17-18-24(6,7)8/h11,13,15H,9-10,12,14,16-18H2,1-8H3/q+1. The van der Waals surface area contributed by atoms with Crippen LogP contribution in [0.1, 0.15) is 60.3 Å². The maximum absolute atomic E-state index is 11.8. The molecule has 3 heteroatoms. The summed E-state index contributed by atoms with van der Waals surface area (Å²) < 4.78 is 0.878. The molecule has 0 fully saturated rings. The molecular formula is C22H41N2O+. The second-order valence-corrected chi connectivity index (χ2v) is 8.44. The van der Waals surface area contributed by atoms with Crippen LogP contribution in [0.5, 0.6) is 0 Å². The highest BCUT2D eigenvalue weighted by Gasteiger charge is 2.13. The van der Waals surface area contributed by atoms with Crippen LogP contribution in [0.2, 0.25) is 0 Å². The molecule has 0 aromatic heterocycles. The Morgan fingerprint density at radius 3 is 1.84 bits per heavy atom. The number of allylic oxidation sites excluding steroid dienone is 5. The van der Waals surface area contributed by atoms with Gasteiger partial charge in [0.1, 0.15) is 0 Å². The summed E-state index contributed by atoms with van der Waals surface area (Å²) in [6.07, 6.45) is 11.3. The van der Waals surface area contributed by atoms with E-state index < -0.39 is 0 Å². The largest absolute Gasteiger partial charge is 0.334 e. The molecule has 0 heterocycles. The monoisotopic (exact) mass is 349 g/mol. The number of carbonyl (C=O) groups is 1. The van der Waals surface area contributed by atoms with Crippen LogP contribution in [-0.2, 0) is 4.79 Å². The van der Waals surface area contributed by atoms with Crippen molar-refractivity contribution in [2.75, 3.05) is 40.8 Å². The average molecular weight is 350 g/mol. The Bertz CT molecular complexity index is 489. The molecule has 0 aromatic rings. The molecule has 0 atom stereocenters. The first kappa shape index (κ1) is 23.6. The van der Waals surface area contributed by atoms with Crippen LogP contribution in [0.15, 0.2) is 34.9 Å². The summed E-state index contributed by atoms with van der Waals surface area (Å²) in [5.74, 6) is 0.160. The quantitative estimate of drug-likeness (QED) is 0.381. The number of hydrogen-bond donors (Lipinski definition) is 0. The molecule has 0 saturated carbocycles. The summed E-state index contributed by atoms with van der Waals surface area (Å²) >= 11 is 0. The molecule has 0 rings (SSSR count). The zero-order valence-electron chi connectivity index (χ0n) is 18.0. The van der Waals surface area contributed by atoms with Crippen molar-refractivity contribution in [2.24, 2.45) is 0 Å². The van der Waals surface area contributed by atoms with Crippen LogP contribution >= 0.6 is 0 Å². The maximum Gasteiger partial charge on any atom is 0.219 e. The van der Waals surface area contributed by atoms with Gasteiger partial charge >= 0.3 is 0 Å². The fourth-order valence-electron chi connectivity index (χ4n) is 2.40. The van der Waals surface area contributed by atoms with Gasteiger partial charge in [-0.3, -0.25) is 4.79 Å². The predicted octanol–water partition coefficient (Wildman–Crippen LogP) is 4.96. The van der Waals surface area contributed by atoms with Gasteiger partial charge in [0, 0.05) is 13.5 Å². The SMILES string of the molecule is CC(=O)N(CC=C(C)CCC=C(C)CCC=C(C)C)CC[N+](C)(C)C. The molecule has 0 aliphatic rings. The molecule has 0 bridgehead atoms. The van der Waals surface area contributed by atoms with Gasteiger partial charge in [-0.15, -0.1) is 0 Å². The summed E-state index contributed by atoms with van der Waals surface area (Å²) in [6.45, 7) is 12.9. The Kier molecular flexibility index (Phi) is 11.4. The fourth-order valence-corrected chi connectivity index (χ4v) is 2.40. The maximum atomic E-state index is 11.8. The van der Waals surface area contributed by atoms with Gasteiger partial charge in [-0.1, -0.05) is 34.9 Å². The fraction of sp³-hybridized carbons (Fsp3) is 0.682. The van der Waals surface area contributed by atoms with Crippen LogP contribution in [0.4, 0.5) is 0 Å². The zero-order chi connectivity index (χ0) is 19.5. The molecule has 1 amide bonds. The van der Waals surface area contributed by atoms with Gasteiger partial charge in [0.05, 0.1) is 34.2 Å². The van der Waals surface area contributed by atoms with E-state index in [2.05, 4.69) is 67.1 Å². The molecule has 0 N–H and O–H groups in total. The molecule has 0 saturated heterocycles. The minimum Gasteiger partial charge on any atom is -0.334 e. The molecule has 0 unspecified atom stereocenters. The highest BCUT2D eigenvalue weighted by atomic mass is 16.2. The Morgan fingerprint density at radius 1 is 0.840 bits per heavy atom. The van der Waals surface area contributed by atoms with Crippen LogP contribution in [0.3, 0.4) is 0 Å². The van der Waals surface area contributed by atoms with Crippen molar-refractivity contribution in [1.82, 2.24) is 4.90 Å². The molecule has 0 aliphatic heterocycles. The third-order valence-corrected chi connectivity index (χ3v) is 4.27. The lowest BCUT2D eigenvalue weighted by atomic mass is 10.1. The lowest BCUT2D eigenvalue weighted by Gasteiger charge is -2.28. The van der Waals surface area contributed by atoms with E-state index in [0.717, 1.165) is 49.8 Å². The van der Waals surface area contributed by atoms with Gasteiger partial charge in [-0.2, -0.15) is 0 Å². The Morgan fingerprint density at radius 2 is 1.36 bits per heavy atom. The molecular weight excluding hydrogens is 308 g/mol. The minimum absolute atomic E-state index is 0.160. The van der Waals surface area contributed by atoms with Crippen molar-refractivity contribution in [3.8, 4) is 0 Å². The number of quaternary nitrogens is 1. The third kappa shape index (κ3) is 14.7. The van der Waals surface area contributed by atoms with Gasteiger partial charge in [-0.25, -0.2) is 0 Å². The van der Waals surface area contributed by atoms with Crippen molar-refractivity contribution in [3.05, 3.63) is 34.9 Å². The number of hydrogen-bond acceptors (Lipinski definition) is 1. The highest BCUT2D eigenvalue weighted by Crippen LogP contribution is 2.11. The van der Waals surface area contributed by atoms with E-state index in [1.807, 2.05) is 4.90 Å². The normalized spacial score (nSPS) is 13.0. The number of amides is 1. The summed E-state index contributed by atoms with van der Waals surface area (Å²) in [5.41, 5.74) is 4.23. The Hall–Kier alpha value is -1.35. The van der Waals surface area contributed by atoms with Gasteiger partial charge in [-0.05, 0) is 53.4 Å². The molecule has 144 valence electrons. The first-order valence-electron chi connectivity index (χ1n) is 9.52. The van der Waals surface area contributed by atoms with E-state index >= 15 is 0 Å². The second-order valence-electron chi connectivity index (χ2n) is 8.44. The van der Waals surface area contributed by atoms with Crippen LogP contribution in [-0.4, -0.2) is 56.1 Å². The molecule has 0 aromatic carbocycles. The van der Waals surface area contributed by atoms with Crippen molar-refractivity contribution in [3.63, 3.8) is 0 Å². The van der Waals surface area contributed by atoms with E-state index in [9.17, 15) is 4.79 Å². The number of nitrogens with zero attached hydrogens (tertiary/aromatic N) is 2. The van der Waals surface area contributed by atoms with E-state index in [1.165, 1.54) is 16.7 Å². The lowest BCUT2D eigenvalue weighted by molar-refractivity contribution is -0.869. The Balaban J connectivity index is 4.32. The van der Waals surface area contributed by atoms with Crippen molar-refractivity contribution in [1.29, 1.82) is 0 Å². The predicted molar refractivity (Wildman–Crippen MR) is 111 cm³/mol. The summed E-state index contributed by atoms with van der Waals surface area (Å²) in [4.78, 5) is 13.7. The van der Waals surface area contributed by atoms with Crippen molar-refractivity contribution >= 4 is 5.91 Å². The van der Waals surface area contributed by atoms with E-state index in [-0.39, 0.29) is 5.91 Å². The topological polar surface area (TPSA) is 20.3 Å². The van der Waals surface area contributed by atoms with Gasteiger partial charge in [0.2, 0.25) is 5.91 Å². The van der Waals surface area contributed by atoms with Gasteiger partial charge in [0.25, 0.3) is 0 Å². The summed E-state index contributed by atoms with van der Waals surface area (Å²) in [7, 11) is 6.48. The average Bonchev–Trinajstić information content (AvgIpc) is 2.45. The molecule has 0 aliphatic carbocycles. The van der Waals surface area contributed by atoms with E-state index in [0.29, 0.717) is 0 Å². The van der Waals surface area contributed by atoms with Gasteiger partial charge in [0.15, 0.2) is 0 Å². The second kappa shape index (κ2) is 12.1. The van der Waals surface area contributed by atoms with Crippen molar-refractivity contribution in [2.45, 2.75) is 60.3 Å². The summed E-state index contributed by atoms with van der Waals surface area (Å²) in [5, 5.41) is 0. The zero-order valence-corrected chi connectivity index (χ0v) is 18.0. The highest BCUT2D eigenvalue weighted by molar-refractivity contribution is 5.73. The third-order valence-electron chi connectivity index (χ3n) is 4.27. The van der Waals surface area contributed by atoms with Crippen molar-refractivity contribution < 1.29 is 9.28 Å². The molecule has 0 radical (unpaired) electrons. The van der Waals surface area contributed by atoms with E-state index in [1.54, 1.807) is 6.92 Å². The molecule has 25 heavy (non-hydrogen) atoms.